The zero-order valence-electron chi connectivity index (χ0n) is 10.1. The molecule has 0 aliphatic rings. The first kappa shape index (κ1) is 14.5. The van der Waals surface area contributed by atoms with E-state index in [1.165, 1.54) is 12.1 Å². The summed E-state index contributed by atoms with van der Waals surface area (Å²) in [6.07, 6.45) is 0.599. The van der Waals surface area contributed by atoms with E-state index in [1.807, 2.05) is 0 Å². The third kappa shape index (κ3) is 3.72. The van der Waals surface area contributed by atoms with Crippen LogP contribution >= 0.6 is 11.6 Å². The summed E-state index contributed by atoms with van der Waals surface area (Å²) in [5.74, 6) is -0.980. The van der Waals surface area contributed by atoms with E-state index < -0.39 is 5.91 Å². The maximum Gasteiger partial charge on any atom is 0.250 e. The molecule has 2 amide bonds. The van der Waals surface area contributed by atoms with E-state index in [9.17, 15) is 9.59 Å². The van der Waals surface area contributed by atoms with E-state index in [0.29, 0.717) is 18.7 Å². The SMILES string of the molecule is CC(CCN)C(=O)Nc1ccc(Cl)c(C(N)=O)c1. The predicted molar refractivity (Wildman–Crippen MR) is 71.4 cm³/mol. The number of anilines is 1. The predicted octanol–water partition coefficient (Wildman–Crippen LogP) is 1.36. The Morgan fingerprint density at radius 1 is 1.44 bits per heavy atom. The van der Waals surface area contributed by atoms with Gasteiger partial charge in [-0.05, 0) is 31.2 Å². The molecule has 5 N–H and O–H groups in total. The number of amides is 2. The van der Waals surface area contributed by atoms with Gasteiger partial charge in [-0.1, -0.05) is 18.5 Å². The fourth-order valence-corrected chi connectivity index (χ4v) is 1.65. The largest absolute Gasteiger partial charge is 0.366 e. The molecule has 5 nitrogen and oxygen atoms in total. The minimum Gasteiger partial charge on any atom is -0.366 e. The fourth-order valence-electron chi connectivity index (χ4n) is 1.44. The van der Waals surface area contributed by atoms with E-state index >= 15 is 0 Å². The molecule has 0 aromatic heterocycles. The van der Waals surface area contributed by atoms with Crippen LogP contribution in [-0.2, 0) is 4.79 Å². The molecule has 0 radical (unpaired) electrons. The lowest BCUT2D eigenvalue weighted by Gasteiger charge is -2.12. The zero-order valence-corrected chi connectivity index (χ0v) is 10.8. The summed E-state index contributed by atoms with van der Waals surface area (Å²) in [5, 5.41) is 2.95. The molecule has 0 heterocycles. The molecule has 0 spiro atoms. The summed E-state index contributed by atoms with van der Waals surface area (Å²) in [6.45, 7) is 2.23. The van der Waals surface area contributed by atoms with Crippen molar-refractivity contribution in [3.8, 4) is 0 Å². The quantitative estimate of drug-likeness (QED) is 0.753. The van der Waals surface area contributed by atoms with Gasteiger partial charge in [0.1, 0.15) is 0 Å². The summed E-state index contributed by atoms with van der Waals surface area (Å²) >= 11 is 5.81. The van der Waals surface area contributed by atoms with Crippen LogP contribution in [0.5, 0.6) is 0 Å². The highest BCUT2D eigenvalue weighted by atomic mass is 35.5. The van der Waals surface area contributed by atoms with Gasteiger partial charge in [-0.25, -0.2) is 0 Å². The lowest BCUT2D eigenvalue weighted by atomic mass is 10.1. The molecule has 0 aliphatic carbocycles. The Labute approximate surface area is 110 Å². The number of carbonyl (C=O) groups is 2. The number of primary amides is 1. The first-order chi connectivity index (χ1) is 8.45. The highest BCUT2D eigenvalue weighted by molar-refractivity contribution is 6.33. The third-order valence-electron chi connectivity index (χ3n) is 2.55. The van der Waals surface area contributed by atoms with Gasteiger partial charge < -0.3 is 16.8 Å². The Morgan fingerprint density at radius 2 is 2.11 bits per heavy atom. The van der Waals surface area contributed by atoms with Crippen LogP contribution in [0, 0.1) is 5.92 Å². The average molecular weight is 270 g/mol. The van der Waals surface area contributed by atoms with E-state index in [-0.39, 0.29) is 22.4 Å². The zero-order chi connectivity index (χ0) is 13.7. The third-order valence-corrected chi connectivity index (χ3v) is 2.88. The molecule has 1 aromatic rings. The molecule has 1 unspecified atom stereocenters. The number of nitrogens with one attached hydrogen (secondary N) is 1. The normalized spacial score (nSPS) is 11.9. The van der Waals surface area contributed by atoms with Crippen molar-refractivity contribution in [3.05, 3.63) is 28.8 Å². The van der Waals surface area contributed by atoms with Gasteiger partial charge in [0.05, 0.1) is 10.6 Å². The van der Waals surface area contributed by atoms with E-state index in [4.69, 9.17) is 23.1 Å². The van der Waals surface area contributed by atoms with Gasteiger partial charge in [0.2, 0.25) is 11.8 Å². The number of halogens is 1. The number of nitrogens with two attached hydrogens (primary N) is 2. The van der Waals surface area contributed by atoms with Crippen LogP contribution in [0.2, 0.25) is 5.02 Å². The number of hydrogen-bond acceptors (Lipinski definition) is 3. The number of carbonyl (C=O) groups excluding carboxylic acids is 2. The molecule has 98 valence electrons. The van der Waals surface area contributed by atoms with Crippen LogP contribution in [0.15, 0.2) is 18.2 Å². The van der Waals surface area contributed by atoms with Crippen molar-refractivity contribution in [2.75, 3.05) is 11.9 Å². The van der Waals surface area contributed by atoms with Gasteiger partial charge in [0.15, 0.2) is 0 Å². The summed E-state index contributed by atoms with van der Waals surface area (Å²) in [6, 6.07) is 4.59. The standard InChI is InChI=1S/C12H16ClN3O2/c1-7(4-5-14)12(18)16-8-2-3-10(13)9(6-8)11(15)17/h2-3,6-7H,4-5,14H2,1H3,(H2,15,17)(H,16,18). The van der Waals surface area contributed by atoms with Crippen molar-refractivity contribution in [1.29, 1.82) is 0 Å². The van der Waals surface area contributed by atoms with Gasteiger partial charge >= 0.3 is 0 Å². The van der Waals surface area contributed by atoms with E-state index in [0.717, 1.165) is 0 Å². The molecule has 0 fully saturated rings. The topological polar surface area (TPSA) is 98.2 Å². The molecular formula is C12H16ClN3O2. The van der Waals surface area contributed by atoms with Crippen molar-refractivity contribution in [1.82, 2.24) is 0 Å². The van der Waals surface area contributed by atoms with Crippen molar-refractivity contribution in [3.63, 3.8) is 0 Å². The van der Waals surface area contributed by atoms with Crippen molar-refractivity contribution >= 4 is 29.1 Å². The second kappa shape index (κ2) is 6.37. The first-order valence-corrected chi connectivity index (χ1v) is 5.93. The number of hydrogen-bond donors (Lipinski definition) is 3. The Morgan fingerprint density at radius 3 is 2.67 bits per heavy atom. The Bertz CT molecular complexity index is 463. The molecule has 18 heavy (non-hydrogen) atoms. The maximum atomic E-state index is 11.8. The molecule has 0 saturated carbocycles. The highest BCUT2D eigenvalue weighted by Gasteiger charge is 2.13. The van der Waals surface area contributed by atoms with Gasteiger partial charge in [-0.3, -0.25) is 9.59 Å². The summed E-state index contributed by atoms with van der Waals surface area (Å²) in [5.41, 5.74) is 11.2. The summed E-state index contributed by atoms with van der Waals surface area (Å²) < 4.78 is 0. The minimum atomic E-state index is -0.633. The second-order valence-electron chi connectivity index (χ2n) is 4.03. The Balaban J connectivity index is 2.82. The van der Waals surface area contributed by atoms with Crippen LogP contribution in [0.3, 0.4) is 0 Å². The van der Waals surface area contributed by atoms with Gasteiger partial charge in [-0.2, -0.15) is 0 Å². The van der Waals surface area contributed by atoms with Crippen molar-refractivity contribution in [2.24, 2.45) is 17.4 Å². The van der Waals surface area contributed by atoms with Crippen LogP contribution in [0.1, 0.15) is 23.7 Å². The number of rotatable bonds is 5. The van der Waals surface area contributed by atoms with Gasteiger partial charge in [0, 0.05) is 11.6 Å². The van der Waals surface area contributed by atoms with Crippen molar-refractivity contribution < 1.29 is 9.59 Å². The van der Waals surface area contributed by atoms with Gasteiger partial charge in [-0.15, -0.1) is 0 Å². The second-order valence-corrected chi connectivity index (χ2v) is 4.43. The average Bonchev–Trinajstić information content (AvgIpc) is 2.31. The van der Waals surface area contributed by atoms with Crippen LogP contribution in [0.25, 0.3) is 0 Å². The monoisotopic (exact) mass is 269 g/mol. The van der Waals surface area contributed by atoms with Crippen LogP contribution < -0.4 is 16.8 Å². The fraction of sp³-hybridized carbons (Fsp3) is 0.333. The Hall–Kier alpha value is -1.59. The van der Waals surface area contributed by atoms with Gasteiger partial charge in [0.25, 0.3) is 0 Å². The molecule has 1 aromatic carbocycles. The van der Waals surface area contributed by atoms with E-state index in [1.54, 1.807) is 13.0 Å². The lowest BCUT2D eigenvalue weighted by Crippen LogP contribution is -2.23. The maximum absolute atomic E-state index is 11.8. The molecule has 0 saturated heterocycles. The summed E-state index contributed by atoms with van der Waals surface area (Å²) in [7, 11) is 0. The lowest BCUT2D eigenvalue weighted by molar-refractivity contribution is -0.119. The summed E-state index contributed by atoms with van der Waals surface area (Å²) in [4.78, 5) is 22.9. The molecular weight excluding hydrogens is 254 g/mol. The molecule has 1 rings (SSSR count). The highest BCUT2D eigenvalue weighted by Crippen LogP contribution is 2.20. The smallest absolute Gasteiger partial charge is 0.250 e. The van der Waals surface area contributed by atoms with Crippen LogP contribution in [-0.4, -0.2) is 18.4 Å². The first-order valence-electron chi connectivity index (χ1n) is 5.56. The minimum absolute atomic E-state index is 0.154. The molecule has 6 heteroatoms. The number of benzene rings is 1. The molecule has 0 bridgehead atoms. The van der Waals surface area contributed by atoms with Crippen molar-refractivity contribution in [2.45, 2.75) is 13.3 Å². The Kier molecular flexibility index (Phi) is 5.12. The molecule has 1 atom stereocenters. The molecule has 0 aliphatic heterocycles. The van der Waals surface area contributed by atoms with Crippen LogP contribution in [0.4, 0.5) is 5.69 Å². The van der Waals surface area contributed by atoms with E-state index in [2.05, 4.69) is 5.32 Å².